The Balaban J connectivity index is 1.81. The molecule has 0 aromatic heterocycles. The minimum absolute atomic E-state index is 0.118. The molecule has 0 unspecified atom stereocenters. The Bertz CT molecular complexity index is 568. The molecule has 2 rings (SSSR count). The normalized spacial score (nSPS) is 14.0. The fourth-order valence-electron chi connectivity index (χ4n) is 2.38. The van der Waals surface area contributed by atoms with E-state index < -0.39 is 0 Å². The molecular weight excluding hydrogens is 296 g/mol. The lowest BCUT2D eigenvalue weighted by molar-refractivity contribution is -0.143. The van der Waals surface area contributed by atoms with Crippen molar-refractivity contribution >= 4 is 23.5 Å². The lowest BCUT2D eigenvalue weighted by Crippen LogP contribution is -2.27. The maximum Gasteiger partial charge on any atom is 0.307 e. The number of rotatable bonds is 7. The second-order valence-corrected chi connectivity index (χ2v) is 5.42. The smallest absolute Gasteiger partial charge is 0.307 e. The van der Waals surface area contributed by atoms with E-state index in [0.717, 1.165) is 25.1 Å². The van der Waals surface area contributed by atoms with Crippen molar-refractivity contribution in [2.75, 3.05) is 24.6 Å². The minimum atomic E-state index is -0.310. The first-order valence-electron chi connectivity index (χ1n) is 7.96. The van der Waals surface area contributed by atoms with Crippen LogP contribution >= 0.6 is 0 Å². The Morgan fingerprint density at radius 3 is 2.61 bits per heavy atom. The first kappa shape index (κ1) is 17.0. The summed E-state index contributed by atoms with van der Waals surface area (Å²) in [5, 5.41) is 2.68. The van der Waals surface area contributed by atoms with Crippen LogP contribution in [0.2, 0.25) is 0 Å². The van der Waals surface area contributed by atoms with Gasteiger partial charge < -0.3 is 15.0 Å². The molecule has 2 amide bonds. The SMILES string of the molecule is CCCOC(=O)CCNC(=O)c1ccc(N2CCCC2=O)cc1. The summed E-state index contributed by atoms with van der Waals surface area (Å²) in [7, 11) is 0. The molecule has 0 spiro atoms. The Morgan fingerprint density at radius 1 is 1.26 bits per heavy atom. The lowest BCUT2D eigenvalue weighted by Gasteiger charge is -2.15. The van der Waals surface area contributed by atoms with Crippen LogP contribution in [0.5, 0.6) is 0 Å². The van der Waals surface area contributed by atoms with Gasteiger partial charge in [0.15, 0.2) is 0 Å². The maximum absolute atomic E-state index is 12.0. The minimum Gasteiger partial charge on any atom is -0.466 e. The fraction of sp³-hybridized carbons (Fsp3) is 0.471. The molecule has 0 bridgehead atoms. The molecule has 1 aliphatic heterocycles. The molecule has 6 heteroatoms. The molecule has 1 N–H and O–H groups in total. The van der Waals surface area contributed by atoms with E-state index >= 15 is 0 Å². The highest BCUT2D eigenvalue weighted by atomic mass is 16.5. The number of nitrogens with zero attached hydrogens (tertiary/aromatic N) is 1. The summed E-state index contributed by atoms with van der Waals surface area (Å²) >= 11 is 0. The Labute approximate surface area is 135 Å². The van der Waals surface area contributed by atoms with Crippen molar-refractivity contribution in [1.82, 2.24) is 5.32 Å². The molecule has 0 atom stereocenters. The van der Waals surface area contributed by atoms with Crippen molar-refractivity contribution in [2.45, 2.75) is 32.6 Å². The third-order valence-corrected chi connectivity index (χ3v) is 3.60. The molecule has 1 aliphatic rings. The van der Waals surface area contributed by atoms with Crippen molar-refractivity contribution < 1.29 is 19.1 Å². The van der Waals surface area contributed by atoms with Crippen LogP contribution in [-0.2, 0) is 14.3 Å². The van der Waals surface area contributed by atoms with Crippen molar-refractivity contribution in [3.8, 4) is 0 Å². The van der Waals surface area contributed by atoms with E-state index in [0.29, 0.717) is 18.6 Å². The predicted octanol–water partition coefficient (Wildman–Crippen LogP) is 1.89. The molecule has 0 saturated carbocycles. The highest BCUT2D eigenvalue weighted by molar-refractivity contribution is 5.97. The zero-order valence-corrected chi connectivity index (χ0v) is 13.3. The van der Waals surface area contributed by atoms with Gasteiger partial charge in [0.2, 0.25) is 5.91 Å². The van der Waals surface area contributed by atoms with Crippen LogP contribution in [0.1, 0.15) is 43.0 Å². The van der Waals surface area contributed by atoms with Gasteiger partial charge in [-0.15, -0.1) is 0 Å². The van der Waals surface area contributed by atoms with Gasteiger partial charge in [0.25, 0.3) is 5.91 Å². The number of esters is 1. The second-order valence-electron chi connectivity index (χ2n) is 5.42. The van der Waals surface area contributed by atoms with Crippen molar-refractivity contribution in [3.05, 3.63) is 29.8 Å². The summed E-state index contributed by atoms with van der Waals surface area (Å²) in [4.78, 5) is 36.7. The Hall–Kier alpha value is -2.37. The standard InChI is InChI=1S/C17H22N2O4/c1-2-12-23-16(21)9-10-18-17(22)13-5-7-14(8-6-13)19-11-3-4-15(19)20/h5-8H,2-4,9-12H2,1H3,(H,18,22). The molecule has 0 aliphatic carbocycles. The summed E-state index contributed by atoms with van der Waals surface area (Å²) in [6, 6.07) is 6.92. The van der Waals surface area contributed by atoms with Gasteiger partial charge >= 0.3 is 5.97 Å². The molecule has 6 nitrogen and oxygen atoms in total. The van der Waals surface area contributed by atoms with E-state index in [1.165, 1.54) is 0 Å². The first-order valence-corrected chi connectivity index (χ1v) is 7.96. The largest absolute Gasteiger partial charge is 0.466 e. The number of ether oxygens (including phenoxy) is 1. The number of amides is 2. The molecular formula is C17H22N2O4. The third kappa shape index (κ3) is 4.81. The quantitative estimate of drug-likeness (QED) is 0.779. The van der Waals surface area contributed by atoms with Gasteiger partial charge in [-0.1, -0.05) is 6.92 Å². The second kappa shape index (κ2) is 8.31. The number of benzene rings is 1. The first-order chi connectivity index (χ1) is 11.1. The molecule has 23 heavy (non-hydrogen) atoms. The van der Waals surface area contributed by atoms with Crippen LogP contribution in [-0.4, -0.2) is 37.5 Å². The topological polar surface area (TPSA) is 75.7 Å². The summed E-state index contributed by atoms with van der Waals surface area (Å²) in [5.41, 5.74) is 1.31. The third-order valence-electron chi connectivity index (χ3n) is 3.60. The van der Waals surface area contributed by atoms with E-state index in [1.807, 2.05) is 6.92 Å². The van der Waals surface area contributed by atoms with Gasteiger partial charge in [0.1, 0.15) is 0 Å². The Kier molecular flexibility index (Phi) is 6.14. The summed E-state index contributed by atoms with van der Waals surface area (Å²) in [6.07, 6.45) is 2.39. The van der Waals surface area contributed by atoms with Gasteiger partial charge in [0, 0.05) is 30.8 Å². The average Bonchev–Trinajstić information content (AvgIpc) is 2.99. The van der Waals surface area contributed by atoms with Gasteiger partial charge in [-0.25, -0.2) is 0 Å². The number of carbonyl (C=O) groups is 3. The van der Waals surface area contributed by atoms with Crippen LogP contribution in [0.4, 0.5) is 5.69 Å². The molecule has 1 saturated heterocycles. The number of nitrogens with one attached hydrogen (secondary N) is 1. The van der Waals surface area contributed by atoms with Crippen LogP contribution in [0.3, 0.4) is 0 Å². The molecule has 124 valence electrons. The van der Waals surface area contributed by atoms with E-state index in [9.17, 15) is 14.4 Å². The van der Waals surface area contributed by atoms with E-state index in [2.05, 4.69) is 5.32 Å². The van der Waals surface area contributed by atoms with Crippen LogP contribution in [0.25, 0.3) is 0 Å². The maximum atomic E-state index is 12.0. The molecule has 1 aromatic carbocycles. The van der Waals surface area contributed by atoms with Gasteiger partial charge in [-0.2, -0.15) is 0 Å². The highest BCUT2D eigenvalue weighted by Gasteiger charge is 2.21. The van der Waals surface area contributed by atoms with E-state index in [4.69, 9.17) is 4.74 Å². The zero-order chi connectivity index (χ0) is 16.7. The summed E-state index contributed by atoms with van der Waals surface area (Å²) in [6.45, 7) is 3.30. The van der Waals surface area contributed by atoms with Gasteiger partial charge in [-0.3, -0.25) is 14.4 Å². The van der Waals surface area contributed by atoms with Crippen molar-refractivity contribution in [1.29, 1.82) is 0 Å². The molecule has 1 heterocycles. The van der Waals surface area contributed by atoms with Crippen LogP contribution in [0.15, 0.2) is 24.3 Å². The van der Waals surface area contributed by atoms with E-state index in [-0.39, 0.29) is 30.7 Å². The molecule has 0 radical (unpaired) electrons. The molecule has 1 fully saturated rings. The molecule has 1 aromatic rings. The number of anilines is 1. The van der Waals surface area contributed by atoms with Crippen LogP contribution < -0.4 is 10.2 Å². The number of hydrogen-bond acceptors (Lipinski definition) is 4. The number of hydrogen-bond donors (Lipinski definition) is 1. The lowest BCUT2D eigenvalue weighted by atomic mass is 10.2. The van der Waals surface area contributed by atoms with Crippen LogP contribution in [0, 0.1) is 0 Å². The predicted molar refractivity (Wildman–Crippen MR) is 86.2 cm³/mol. The Morgan fingerprint density at radius 2 is 2.00 bits per heavy atom. The zero-order valence-electron chi connectivity index (χ0n) is 13.3. The monoisotopic (exact) mass is 318 g/mol. The van der Waals surface area contributed by atoms with Crippen molar-refractivity contribution in [3.63, 3.8) is 0 Å². The summed E-state index contributed by atoms with van der Waals surface area (Å²) in [5.74, 6) is -0.435. The highest BCUT2D eigenvalue weighted by Crippen LogP contribution is 2.21. The fourth-order valence-corrected chi connectivity index (χ4v) is 2.38. The van der Waals surface area contributed by atoms with Crippen molar-refractivity contribution in [2.24, 2.45) is 0 Å². The van der Waals surface area contributed by atoms with E-state index in [1.54, 1.807) is 29.2 Å². The number of carbonyl (C=O) groups excluding carboxylic acids is 3. The van der Waals surface area contributed by atoms with Gasteiger partial charge in [-0.05, 0) is 37.1 Å². The summed E-state index contributed by atoms with van der Waals surface area (Å²) < 4.78 is 4.93. The van der Waals surface area contributed by atoms with Gasteiger partial charge in [0.05, 0.1) is 13.0 Å². The average molecular weight is 318 g/mol.